The Morgan fingerprint density at radius 3 is 2.60 bits per heavy atom. The third kappa shape index (κ3) is 4.70. The zero-order valence-corrected chi connectivity index (χ0v) is 17.7. The van der Waals surface area contributed by atoms with Gasteiger partial charge in [-0.3, -0.25) is 4.79 Å². The molecule has 1 N–H and O–H groups in total. The molecule has 2 heterocycles. The van der Waals surface area contributed by atoms with Crippen LogP contribution in [0.5, 0.6) is 5.75 Å². The molecule has 0 saturated carbocycles. The number of nitrogens with one attached hydrogen (secondary N) is 1. The predicted molar refractivity (Wildman–Crippen MR) is 116 cm³/mol. The topological polar surface area (TPSA) is 79.9 Å². The Labute approximate surface area is 180 Å². The number of amides is 1. The number of nitrogens with zero attached hydrogens (tertiary/aromatic N) is 3. The van der Waals surface area contributed by atoms with Crippen LogP contribution < -0.4 is 10.1 Å². The van der Waals surface area contributed by atoms with E-state index in [0.29, 0.717) is 5.15 Å². The maximum Gasteiger partial charge on any atom is 0.262 e. The average Bonchev–Trinajstić information content (AvgIpc) is 3.04. The Hall–Kier alpha value is -3.56. The first-order chi connectivity index (χ1) is 14.4. The summed E-state index contributed by atoms with van der Waals surface area (Å²) in [5.41, 5.74) is 4.54. The summed E-state index contributed by atoms with van der Waals surface area (Å²) in [6.07, 6.45) is 3.19. The quantitative estimate of drug-likeness (QED) is 0.364. The van der Waals surface area contributed by atoms with Crippen LogP contribution in [0.4, 0.5) is 0 Å². The monoisotopic (exact) mass is 420 g/mol. The third-order valence-electron chi connectivity index (χ3n) is 4.71. The lowest BCUT2D eigenvalue weighted by atomic mass is 10.1. The van der Waals surface area contributed by atoms with E-state index < -0.39 is 5.91 Å². The molecule has 0 fully saturated rings. The van der Waals surface area contributed by atoms with Crippen LogP contribution in [-0.2, 0) is 11.3 Å². The Morgan fingerprint density at radius 2 is 2.00 bits per heavy atom. The maximum atomic E-state index is 12.5. The highest BCUT2D eigenvalue weighted by molar-refractivity contribution is 6.29. The molecule has 1 aromatic carbocycles. The number of aromatic nitrogens is 2. The zero-order chi connectivity index (χ0) is 21.7. The van der Waals surface area contributed by atoms with Crippen molar-refractivity contribution in [3.05, 3.63) is 81.9 Å². The van der Waals surface area contributed by atoms with E-state index in [9.17, 15) is 10.1 Å². The normalized spacial score (nSPS) is 11.1. The van der Waals surface area contributed by atoms with Gasteiger partial charge in [0.1, 0.15) is 22.5 Å². The van der Waals surface area contributed by atoms with Gasteiger partial charge in [-0.25, -0.2) is 4.98 Å². The fourth-order valence-corrected chi connectivity index (χ4v) is 3.27. The molecule has 3 rings (SSSR count). The second-order valence-electron chi connectivity index (χ2n) is 6.70. The van der Waals surface area contributed by atoms with Crippen molar-refractivity contribution in [3.8, 4) is 17.5 Å². The predicted octanol–water partition coefficient (Wildman–Crippen LogP) is 4.37. The van der Waals surface area contributed by atoms with E-state index in [1.54, 1.807) is 31.5 Å². The number of carbonyl (C=O) groups is 1. The van der Waals surface area contributed by atoms with Crippen molar-refractivity contribution in [3.63, 3.8) is 0 Å². The van der Waals surface area contributed by atoms with Gasteiger partial charge < -0.3 is 14.6 Å². The van der Waals surface area contributed by atoms with Crippen LogP contribution in [0.15, 0.2) is 54.2 Å². The lowest BCUT2D eigenvalue weighted by Crippen LogP contribution is -2.24. The number of nitriles is 1. The molecule has 3 aromatic rings. The van der Waals surface area contributed by atoms with Gasteiger partial charge in [0.15, 0.2) is 0 Å². The van der Waals surface area contributed by atoms with Gasteiger partial charge in [-0.15, -0.1) is 0 Å². The molecule has 7 heteroatoms. The van der Waals surface area contributed by atoms with Crippen molar-refractivity contribution in [2.75, 3.05) is 7.11 Å². The van der Waals surface area contributed by atoms with Gasteiger partial charge in [0.05, 0.1) is 7.11 Å². The molecule has 0 unspecified atom stereocenters. The van der Waals surface area contributed by atoms with Crippen molar-refractivity contribution >= 4 is 23.6 Å². The van der Waals surface area contributed by atoms with Crippen molar-refractivity contribution in [1.29, 1.82) is 5.26 Å². The molecule has 0 aliphatic carbocycles. The Bertz CT molecular complexity index is 1120. The fourth-order valence-electron chi connectivity index (χ4n) is 3.16. The van der Waals surface area contributed by atoms with Gasteiger partial charge >= 0.3 is 0 Å². The number of halogens is 1. The minimum absolute atomic E-state index is 0.0342. The minimum Gasteiger partial charge on any atom is -0.497 e. The number of ether oxygens (including phenoxy) is 1. The highest BCUT2D eigenvalue weighted by atomic mass is 35.5. The summed E-state index contributed by atoms with van der Waals surface area (Å²) in [6, 6.07) is 15.1. The molecule has 0 saturated heterocycles. The van der Waals surface area contributed by atoms with Crippen molar-refractivity contribution in [2.45, 2.75) is 20.4 Å². The third-order valence-corrected chi connectivity index (χ3v) is 4.93. The molecule has 0 aliphatic rings. The first kappa shape index (κ1) is 21.2. The number of methoxy groups -OCH3 is 1. The second-order valence-corrected chi connectivity index (χ2v) is 7.09. The molecule has 2 aromatic heterocycles. The highest BCUT2D eigenvalue weighted by Crippen LogP contribution is 2.24. The molecule has 152 valence electrons. The van der Waals surface area contributed by atoms with Crippen LogP contribution in [0, 0.1) is 25.2 Å². The largest absolute Gasteiger partial charge is 0.497 e. The Kier molecular flexibility index (Phi) is 6.55. The van der Waals surface area contributed by atoms with Crippen LogP contribution in [0.3, 0.4) is 0 Å². The summed E-state index contributed by atoms with van der Waals surface area (Å²) in [4.78, 5) is 16.5. The summed E-state index contributed by atoms with van der Waals surface area (Å²) >= 11 is 5.77. The number of benzene rings is 1. The van der Waals surface area contributed by atoms with Crippen LogP contribution in [-0.4, -0.2) is 22.6 Å². The standard InChI is InChI=1S/C23H21ClN4O2/c1-15-10-18(16(2)28(15)20-5-7-21(30-3)8-6-20)11-19(12-25)23(29)27-14-17-4-9-22(24)26-13-17/h4-11,13H,14H2,1-3H3,(H,27,29)/b19-11-. The molecule has 0 bridgehead atoms. The van der Waals surface area contributed by atoms with E-state index in [0.717, 1.165) is 34.0 Å². The van der Waals surface area contributed by atoms with Gasteiger partial charge in [-0.1, -0.05) is 17.7 Å². The van der Waals surface area contributed by atoms with Crippen molar-refractivity contribution in [2.24, 2.45) is 0 Å². The number of rotatable bonds is 6. The number of pyridine rings is 1. The summed E-state index contributed by atoms with van der Waals surface area (Å²) in [7, 11) is 1.63. The molecule has 0 spiro atoms. The van der Waals surface area contributed by atoms with E-state index >= 15 is 0 Å². The molecular formula is C23H21ClN4O2. The van der Waals surface area contributed by atoms with E-state index in [2.05, 4.69) is 14.9 Å². The first-order valence-electron chi connectivity index (χ1n) is 9.26. The van der Waals surface area contributed by atoms with E-state index in [1.807, 2.05) is 50.2 Å². The Balaban J connectivity index is 1.82. The number of hydrogen-bond donors (Lipinski definition) is 1. The van der Waals surface area contributed by atoms with E-state index in [4.69, 9.17) is 16.3 Å². The second kappa shape index (κ2) is 9.29. The number of aryl methyl sites for hydroxylation is 1. The van der Waals surface area contributed by atoms with E-state index in [1.165, 1.54) is 0 Å². The summed E-state index contributed by atoms with van der Waals surface area (Å²) < 4.78 is 7.28. The average molecular weight is 421 g/mol. The summed E-state index contributed by atoms with van der Waals surface area (Å²) in [6.45, 7) is 4.19. The fraction of sp³-hybridized carbons (Fsp3) is 0.174. The van der Waals surface area contributed by atoms with Gasteiger partial charge in [0.25, 0.3) is 5.91 Å². The molecular weight excluding hydrogens is 400 g/mol. The van der Waals surface area contributed by atoms with Gasteiger partial charge in [0, 0.05) is 29.8 Å². The van der Waals surface area contributed by atoms with Gasteiger partial charge in [-0.2, -0.15) is 5.26 Å². The molecule has 0 aliphatic heterocycles. The van der Waals surface area contributed by atoms with Crippen LogP contribution in [0.25, 0.3) is 11.8 Å². The lowest BCUT2D eigenvalue weighted by Gasteiger charge is -2.10. The summed E-state index contributed by atoms with van der Waals surface area (Å²) in [5, 5.41) is 12.6. The maximum absolute atomic E-state index is 12.5. The van der Waals surface area contributed by atoms with Crippen LogP contribution in [0.2, 0.25) is 5.15 Å². The zero-order valence-electron chi connectivity index (χ0n) is 16.9. The van der Waals surface area contributed by atoms with E-state index in [-0.39, 0.29) is 12.1 Å². The van der Waals surface area contributed by atoms with Gasteiger partial charge in [0.2, 0.25) is 0 Å². The van der Waals surface area contributed by atoms with Crippen LogP contribution in [0.1, 0.15) is 22.5 Å². The number of hydrogen-bond acceptors (Lipinski definition) is 4. The summed E-state index contributed by atoms with van der Waals surface area (Å²) in [5.74, 6) is 0.336. The lowest BCUT2D eigenvalue weighted by molar-refractivity contribution is -0.117. The van der Waals surface area contributed by atoms with Crippen molar-refractivity contribution in [1.82, 2.24) is 14.9 Å². The molecule has 30 heavy (non-hydrogen) atoms. The van der Waals surface area contributed by atoms with Gasteiger partial charge in [-0.05, 0) is 67.4 Å². The number of carbonyl (C=O) groups excluding carboxylic acids is 1. The minimum atomic E-state index is -0.443. The smallest absolute Gasteiger partial charge is 0.262 e. The Morgan fingerprint density at radius 1 is 1.27 bits per heavy atom. The van der Waals surface area contributed by atoms with Crippen molar-refractivity contribution < 1.29 is 9.53 Å². The molecule has 0 atom stereocenters. The first-order valence-corrected chi connectivity index (χ1v) is 9.64. The SMILES string of the molecule is COc1ccc(-n2c(C)cc(/C=C(/C#N)C(=O)NCc3ccc(Cl)nc3)c2C)cc1. The highest BCUT2D eigenvalue weighted by Gasteiger charge is 2.14. The van der Waals surface area contributed by atoms with Crippen LogP contribution >= 0.6 is 11.6 Å². The molecule has 0 radical (unpaired) electrons. The molecule has 1 amide bonds. The molecule has 6 nitrogen and oxygen atoms in total.